The predicted octanol–water partition coefficient (Wildman–Crippen LogP) is 2.20. The first-order valence-electron chi connectivity index (χ1n) is 4.69. The molecule has 1 aromatic rings. The van der Waals surface area contributed by atoms with Crippen LogP contribution in [0.4, 0.5) is 0 Å². The average molecular weight is 178 g/mol. The van der Waals surface area contributed by atoms with E-state index in [9.17, 15) is 5.11 Å². The van der Waals surface area contributed by atoms with Crippen molar-refractivity contribution in [2.75, 3.05) is 6.61 Å². The molecule has 13 heavy (non-hydrogen) atoms. The highest BCUT2D eigenvalue weighted by atomic mass is 16.5. The zero-order valence-electron chi connectivity index (χ0n) is 7.79. The second kappa shape index (κ2) is 3.38. The molecule has 0 radical (unpaired) electrons. The second-order valence-corrected chi connectivity index (χ2v) is 3.55. The van der Waals surface area contributed by atoms with Gasteiger partial charge in [-0.05, 0) is 31.9 Å². The van der Waals surface area contributed by atoms with Crippen LogP contribution in [0.25, 0.3) is 0 Å². The van der Waals surface area contributed by atoms with Gasteiger partial charge in [0.25, 0.3) is 0 Å². The normalized spacial score (nSPS) is 21.5. The summed E-state index contributed by atoms with van der Waals surface area (Å²) in [6.07, 6.45) is 1.38. The van der Waals surface area contributed by atoms with Crippen molar-refractivity contribution in [3.8, 4) is 5.75 Å². The van der Waals surface area contributed by atoms with Crippen LogP contribution >= 0.6 is 0 Å². The number of hydrogen-bond acceptors (Lipinski definition) is 2. The van der Waals surface area contributed by atoms with Crippen LogP contribution in [-0.4, -0.2) is 11.7 Å². The van der Waals surface area contributed by atoms with Gasteiger partial charge in [-0.1, -0.05) is 11.6 Å². The molecule has 0 saturated carbocycles. The third-order valence-electron chi connectivity index (χ3n) is 2.40. The fourth-order valence-electron chi connectivity index (χ4n) is 1.67. The summed E-state index contributed by atoms with van der Waals surface area (Å²) in [5.74, 6) is 0.843. The van der Waals surface area contributed by atoms with Gasteiger partial charge in [0.2, 0.25) is 0 Å². The van der Waals surface area contributed by atoms with E-state index < -0.39 is 0 Å². The van der Waals surface area contributed by atoms with Crippen molar-refractivity contribution in [2.24, 2.45) is 0 Å². The van der Waals surface area contributed by atoms with E-state index in [2.05, 4.69) is 0 Å². The molecular formula is C11H14O2. The van der Waals surface area contributed by atoms with Crippen molar-refractivity contribution in [1.82, 2.24) is 0 Å². The summed E-state index contributed by atoms with van der Waals surface area (Å²) >= 11 is 0. The summed E-state index contributed by atoms with van der Waals surface area (Å²) < 4.78 is 5.51. The van der Waals surface area contributed by atoms with Gasteiger partial charge in [-0.15, -0.1) is 0 Å². The van der Waals surface area contributed by atoms with Crippen molar-refractivity contribution in [3.05, 3.63) is 29.3 Å². The lowest BCUT2D eigenvalue weighted by molar-refractivity contribution is 0.167. The van der Waals surface area contributed by atoms with Crippen LogP contribution in [0.3, 0.4) is 0 Å². The van der Waals surface area contributed by atoms with Gasteiger partial charge < -0.3 is 9.84 Å². The predicted molar refractivity (Wildman–Crippen MR) is 50.9 cm³/mol. The van der Waals surface area contributed by atoms with Crippen molar-refractivity contribution < 1.29 is 9.84 Å². The summed E-state index contributed by atoms with van der Waals surface area (Å²) in [6, 6.07) is 5.96. The van der Waals surface area contributed by atoms with Gasteiger partial charge in [-0.3, -0.25) is 0 Å². The topological polar surface area (TPSA) is 29.5 Å². The fraction of sp³-hybridized carbons (Fsp3) is 0.455. The molecule has 0 saturated heterocycles. The summed E-state index contributed by atoms with van der Waals surface area (Å²) in [4.78, 5) is 0. The molecule has 1 aliphatic rings. The number of aliphatic hydroxyl groups excluding tert-OH is 1. The Kier molecular flexibility index (Phi) is 2.23. The minimum Gasteiger partial charge on any atom is -0.493 e. The van der Waals surface area contributed by atoms with E-state index in [0.717, 1.165) is 24.2 Å². The van der Waals surface area contributed by atoms with Crippen LogP contribution in [0, 0.1) is 6.92 Å². The Bertz CT molecular complexity index is 307. The molecule has 1 N–H and O–H groups in total. The van der Waals surface area contributed by atoms with E-state index >= 15 is 0 Å². The first-order valence-corrected chi connectivity index (χ1v) is 4.69. The Hall–Kier alpha value is -1.02. The summed E-state index contributed by atoms with van der Waals surface area (Å²) in [5, 5.41) is 9.79. The van der Waals surface area contributed by atoms with Crippen LogP contribution < -0.4 is 4.74 Å². The molecule has 0 amide bonds. The van der Waals surface area contributed by atoms with E-state index in [-0.39, 0.29) is 6.10 Å². The number of benzene rings is 1. The van der Waals surface area contributed by atoms with E-state index in [1.165, 1.54) is 5.56 Å². The van der Waals surface area contributed by atoms with Crippen molar-refractivity contribution in [2.45, 2.75) is 25.9 Å². The van der Waals surface area contributed by atoms with E-state index in [4.69, 9.17) is 4.74 Å². The Morgan fingerprint density at radius 2 is 2.31 bits per heavy atom. The van der Waals surface area contributed by atoms with Crippen molar-refractivity contribution in [1.29, 1.82) is 0 Å². The van der Waals surface area contributed by atoms with Crippen LogP contribution in [0.15, 0.2) is 18.2 Å². The molecule has 0 unspecified atom stereocenters. The van der Waals surface area contributed by atoms with Gasteiger partial charge in [-0.2, -0.15) is 0 Å². The molecule has 2 rings (SSSR count). The molecule has 1 atom stereocenters. The minimum absolute atomic E-state index is 0.350. The Morgan fingerprint density at radius 1 is 1.46 bits per heavy atom. The molecule has 0 spiro atoms. The molecule has 0 bridgehead atoms. The zero-order chi connectivity index (χ0) is 9.26. The maximum Gasteiger partial charge on any atom is 0.125 e. The minimum atomic E-state index is -0.350. The highest BCUT2D eigenvalue weighted by molar-refractivity contribution is 5.38. The summed E-state index contributed by atoms with van der Waals surface area (Å²) in [6.45, 7) is 2.74. The Morgan fingerprint density at radius 3 is 3.15 bits per heavy atom. The lowest BCUT2D eigenvalue weighted by Gasteiger charge is -2.11. The smallest absolute Gasteiger partial charge is 0.125 e. The molecule has 1 heterocycles. The molecule has 2 heteroatoms. The molecule has 1 aliphatic heterocycles. The standard InChI is InChI=1S/C11H14O2/c1-8-4-5-11-9(7-8)10(12)3-2-6-13-11/h4-5,7,10,12H,2-3,6H2,1H3/t10-/m0/s1. The van der Waals surface area contributed by atoms with E-state index in [1.54, 1.807) is 0 Å². The number of aryl methyl sites for hydroxylation is 1. The molecule has 1 aromatic carbocycles. The number of rotatable bonds is 0. The molecule has 0 aliphatic carbocycles. The average Bonchev–Trinajstić information content (AvgIpc) is 2.29. The maximum absolute atomic E-state index is 9.79. The van der Waals surface area contributed by atoms with Gasteiger partial charge in [0, 0.05) is 5.56 Å². The third kappa shape index (κ3) is 1.68. The summed E-state index contributed by atoms with van der Waals surface area (Å²) in [7, 11) is 0. The van der Waals surface area contributed by atoms with Gasteiger partial charge in [-0.25, -0.2) is 0 Å². The SMILES string of the molecule is Cc1ccc2c(c1)[C@@H](O)CCCO2. The van der Waals surface area contributed by atoms with E-state index in [1.807, 2.05) is 25.1 Å². The largest absolute Gasteiger partial charge is 0.493 e. The number of ether oxygens (including phenoxy) is 1. The lowest BCUT2D eigenvalue weighted by atomic mass is 10.0. The Labute approximate surface area is 78.2 Å². The van der Waals surface area contributed by atoms with Gasteiger partial charge in [0.15, 0.2) is 0 Å². The molecule has 2 nitrogen and oxygen atoms in total. The second-order valence-electron chi connectivity index (χ2n) is 3.55. The van der Waals surface area contributed by atoms with Gasteiger partial charge in [0.1, 0.15) is 5.75 Å². The van der Waals surface area contributed by atoms with Crippen LogP contribution in [0.1, 0.15) is 30.1 Å². The molecule has 0 fully saturated rings. The lowest BCUT2D eigenvalue weighted by Crippen LogP contribution is -1.96. The molecule has 0 aromatic heterocycles. The van der Waals surface area contributed by atoms with Gasteiger partial charge in [0.05, 0.1) is 12.7 Å². The quantitative estimate of drug-likeness (QED) is 0.660. The van der Waals surface area contributed by atoms with Crippen LogP contribution in [-0.2, 0) is 0 Å². The first kappa shape index (κ1) is 8.57. The summed E-state index contributed by atoms with van der Waals surface area (Å²) in [5.41, 5.74) is 2.11. The Balaban J connectivity index is 2.43. The molecular weight excluding hydrogens is 164 g/mol. The zero-order valence-corrected chi connectivity index (χ0v) is 7.79. The van der Waals surface area contributed by atoms with Crippen molar-refractivity contribution in [3.63, 3.8) is 0 Å². The maximum atomic E-state index is 9.79. The highest BCUT2D eigenvalue weighted by Gasteiger charge is 2.16. The number of aliphatic hydroxyl groups is 1. The van der Waals surface area contributed by atoms with Gasteiger partial charge >= 0.3 is 0 Å². The molecule has 70 valence electrons. The fourth-order valence-corrected chi connectivity index (χ4v) is 1.67. The van der Waals surface area contributed by atoms with Crippen LogP contribution in [0.5, 0.6) is 5.75 Å². The monoisotopic (exact) mass is 178 g/mol. The highest BCUT2D eigenvalue weighted by Crippen LogP contribution is 2.31. The number of fused-ring (bicyclic) bond motifs is 1. The van der Waals surface area contributed by atoms with E-state index in [0.29, 0.717) is 6.61 Å². The first-order chi connectivity index (χ1) is 6.27. The number of hydrogen-bond donors (Lipinski definition) is 1. The van der Waals surface area contributed by atoms with Crippen molar-refractivity contribution >= 4 is 0 Å². The third-order valence-corrected chi connectivity index (χ3v) is 2.40. The van der Waals surface area contributed by atoms with Crippen LogP contribution in [0.2, 0.25) is 0 Å².